The number of hydrogen-bond donors (Lipinski definition) is 2. The van der Waals surface area contributed by atoms with E-state index in [4.69, 9.17) is 9.47 Å². The highest BCUT2D eigenvalue weighted by atomic mass is 19.1. The lowest BCUT2D eigenvalue weighted by Gasteiger charge is -2.46. The number of carbonyl (C=O) groups is 1. The number of piperidine rings is 2. The number of nitriles is 1. The topological polar surface area (TPSA) is 86.6 Å². The average Bonchev–Trinajstić information content (AvgIpc) is 3.64. The quantitative estimate of drug-likeness (QED) is 0.568. The number of fused-ring (bicyclic) bond motifs is 4. The summed E-state index contributed by atoms with van der Waals surface area (Å²) in [5.74, 6) is -0.141. The summed E-state index contributed by atoms with van der Waals surface area (Å²) >= 11 is 0. The van der Waals surface area contributed by atoms with Crippen molar-refractivity contribution in [2.45, 2.75) is 81.6 Å². The standard InChI is InChI=1S/C32H39FN4O3/c1-31-7-6-21(15-28(31)32(40-19-31)8-10-37(11-9-32)26-17-39-18-26)20-2-3-22(27(33)14-20)12-25(16-34)36-30(38)29-23-4-5-24(13-23)35-29/h2-3,6,14-15,23-26,29,35H,4-5,7-13,17-19H2,1H3,(H,36,38)/t23-,24+,25-,29-,31?/m0/s1. The Morgan fingerprint density at radius 3 is 2.77 bits per heavy atom. The van der Waals surface area contributed by atoms with Crippen LogP contribution in [-0.4, -0.2) is 73.5 Å². The van der Waals surface area contributed by atoms with Crippen molar-refractivity contribution in [2.24, 2.45) is 11.3 Å². The Balaban J connectivity index is 1.04. The van der Waals surface area contributed by atoms with Crippen LogP contribution in [0.25, 0.3) is 5.57 Å². The van der Waals surface area contributed by atoms with Crippen LogP contribution in [0.1, 0.15) is 56.6 Å². The van der Waals surface area contributed by atoms with Gasteiger partial charge in [0.25, 0.3) is 0 Å². The molecule has 7 rings (SSSR count). The molecule has 7 nitrogen and oxygen atoms in total. The highest BCUT2D eigenvalue weighted by Gasteiger charge is 2.53. The van der Waals surface area contributed by atoms with E-state index in [-0.39, 0.29) is 35.2 Å². The summed E-state index contributed by atoms with van der Waals surface area (Å²) < 4.78 is 27.4. The Bertz CT molecular complexity index is 1290. The van der Waals surface area contributed by atoms with Crippen LogP contribution in [0.2, 0.25) is 0 Å². The summed E-state index contributed by atoms with van der Waals surface area (Å²) in [5, 5.41) is 15.9. The molecule has 8 heteroatoms. The van der Waals surface area contributed by atoms with Crippen molar-refractivity contribution < 1.29 is 18.7 Å². The first-order valence-electron chi connectivity index (χ1n) is 15.0. The third-order valence-corrected chi connectivity index (χ3v) is 10.5. The second-order valence-electron chi connectivity index (χ2n) is 13.1. The molecule has 1 spiro atoms. The molecule has 1 amide bonds. The number of hydrogen-bond acceptors (Lipinski definition) is 6. The Kier molecular flexibility index (Phi) is 6.62. The molecule has 2 aliphatic carbocycles. The monoisotopic (exact) mass is 546 g/mol. The minimum absolute atomic E-state index is 0.0182. The number of rotatable bonds is 6. The van der Waals surface area contributed by atoms with E-state index in [0.717, 1.165) is 82.6 Å². The number of amides is 1. The van der Waals surface area contributed by atoms with Crippen LogP contribution >= 0.6 is 0 Å². The second kappa shape index (κ2) is 10.1. The van der Waals surface area contributed by atoms with Crippen molar-refractivity contribution >= 4 is 11.5 Å². The zero-order valence-corrected chi connectivity index (χ0v) is 23.3. The van der Waals surface area contributed by atoms with Gasteiger partial charge in [-0.2, -0.15) is 5.26 Å². The number of nitrogens with zero attached hydrogens (tertiary/aromatic N) is 2. The zero-order chi connectivity index (χ0) is 27.5. The van der Waals surface area contributed by atoms with Gasteiger partial charge < -0.3 is 20.1 Å². The molecule has 1 unspecified atom stereocenters. The van der Waals surface area contributed by atoms with Crippen molar-refractivity contribution in [2.75, 3.05) is 32.9 Å². The van der Waals surface area contributed by atoms with Crippen LogP contribution in [0.3, 0.4) is 0 Å². The van der Waals surface area contributed by atoms with Crippen molar-refractivity contribution in [3.05, 3.63) is 52.9 Å². The lowest BCUT2D eigenvalue weighted by Crippen LogP contribution is -2.55. The van der Waals surface area contributed by atoms with Crippen LogP contribution in [0.5, 0.6) is 0 Å². The van der Waals surface area contributed by atoms with Gasteiger partial charge in [-0.3, -0.25) is 9.69 Å². The molecule has 4 heterocycles. The molecule has 4 saturated heterocycles. The first-order chi connectivity index (χ1) is 19.4. The summed E-state index contributed by atoms with van der Waals surface area (Å²) in [6, 6.07) is 7.41. The fourth-order valence-corrected chi connectivity index (χ4v) is 7.98. The number of halogens is 1. The lowest BCUT2D eigenvalue weighted by molar-refractivity contribution is -0.124. The van der Waals surface area contributed by atoms with E-state index in [1.807, 2.05) is 6.07 Å². The van der Waals surface area contributed by atoms with Gasteiger partial charge in [0.05, 0.1) is 43.6 Å². The average molecular weight is 547 g/mol. The molecule has 4 aliphatic heterocycles. The molecule has 40 heavy (non-hydrogen) atoms. The van der Waals surface area contributed by atoms with E-state index in [2.05, 4.69) is 40.7 Å². The summed E-state index contributed by atoms with van der Waals surface area (Å²) in [6.07, 6.45) is 10.6. The Labute approximate surface area is 235 Å². The maximum absolute atomic E-state index is 15.4. The van der Waals surface area contributed by atoms with Crippen LogP contribution in [-0.2, 0) is 20.7 Å². The van der Waals surface area contributed by atoms with Gasteiger partial charge in [-0.1, -0.05) is 31.2 Å². The van der Waals surface area contributed by atoms with Crippen LogP contribution in [0, 0.1) is 28.5 Å². The Morgan fingerprint density at radius 1 is 1.30 bits per heavy atom. The molecule has 2 N–H and O–H groups in total. The van der Waals surface area contributed by atoms with E-state index < -0.39 is 6.04 Å². The van der Waals surface area contributed by atoms with Crippen molar-refractivity contribution in [1.29, 1.82) is 5.26 Å². The zero-order valence-electron chi connectivity index (χ0n) is 23.3. The van der Waals surface area contributed by atoms with E-state index in [1.54, 1.807) is 12.1 Å². The van der Waals surface area contributed by atoms with Gasteiger partial charge in [0.2, 0.25) is 5.91 Å². The van der Waals surface area contributed by atoms with Gasteiger partial charge in [0.15, 0.2) is 0 Å². The molecule has 0 aromatic heterocycles. The summed E-state index contributed by atoms with van der Waals surface area (Å²) in [7, 11) is 0. The lowest BCUT2D eigenvalue weighted by atomic mass is 9.68. The normalized spacial score (nSPS) is 33.6. The molecule has 212 valence electrons. The molecule has 1 aromatic rings. The number of ether oxygens (including phenoxy) is 2. The molecule has 0 radical (unpaired) electrons. The van der Waals surface area contributed by atoms with E-state index >= 15 is 4.39 Å². The third kappa shape index (κ3) is 4.52. The minimum Gasteiger partial charge on any atom is -0.378 e. The molecular formula is C32H39FN4O3. The summed E-state index contributed by atoms with van der Waals surface area (Å²) in [4.78, 5) is 15.3. The maximum atomic E-state index is 15.4. The first kappa shape index (κ1) is 26.3. The van der Waals surface area contributed by atoms with Gasteiger partial charge in [-0.15, -0.1) is 0 Å². The van der Waals surface area contributed by atoms with Crippen molar-refractivity contribution in [1.82, 2.24) is 15.5 Å². The van der Waals surface area contributed by atoms with Crippen LogP contribution in [0.15, 0.2) is 35.9 Å². The number of allylic oxidation sites excluding steroid dienone is 3. The molecule has 1 aromatic carbocycles. The van der Waals surface area contributed by atoms with Gasteiger partial charge in [-0.25, -0.2) is 4.39 Å². The number of nitrogens with one attached hydrogen (secondary N) is 2. The SMILES string of the molecule is CC12CC=C(c3ccc(C[C@@H](C#N)NC(=O)[C@H]4N[C@@H]5CC[C@H]4C5)c(F)c3)C=C1C1(CCN(C3COC3)CC1)OC2. The fraction of sp³-hybridized carbons (Fsp3) is 0.625. The third-order valence-electron chi connectivity index (χ3n) is 10.5. The molecule has 5 fully saturated rings. The summed E-state index contributed by atoms with van der Waals surface area (Å²) in [5.41, 5.74) is 3.41. The Morgan fingerprint density at radius 2 is 2.12 bits per heavy atom. The predicted octanol–water partition coefficient (Wildman–Crippen LogP) is 3.50. The largest absolute Gasteiger partial charge is 0.378 e. The number of likely N-dealkylation sites (tertiary alicyclic amines) is 1. The van der Waals surface area contributed by atoms with E-state index in [0.29, 0.717) is 23.6 Å². The highest BCUT2D eigenvalue weighted by molar-refractivity contribution is 5.83. The summed E-state index contributed by atoms with van der Waals surface area (Å²) in [6.45, 7) is 6.71. The molecule has 6 aliphatic rings. The van der Waals surface area contributed by atoms with Crippen molar-refractivity contribution in [3.63, 3.8) is 0 Å². The smallest absolute Gasteiger partial charge is 0.238 e. The number of carbonyl (C=O) groups excluding carboxylic acids is 1. The van der Waals surface area contributed by atoms with Crippen LogP contribution < -0.4 is 10.6 Å². The second-order valence-corrected chi connectivity index (χ2v) is 13.1. The van der Waals surface area contributed by atoms with Gasteiger partial charge in [0.1, 0.15) is 11.9 Å². The van der Waals surface area contributed by atoms with E-state index in [1.165, 1.54) is 5.57 Å². The molecule has 2 bridgehead atoms. The molecule has 1 saturated carbocycles. The predicted molar refractivity (Wildman–Crippen MR) is 149 cm³/mol. The van der Waals surface area contributed by atoms with E-state index in [9.17, 15) is 10.1 Å². The van der Waals surface area contributed by atoms with Crippen LogP contribution in [0.4, 0.5) is 4.39 Å². The molecular weight excluding hydrogens is 507 g/mol. The minimum atomic E-state index is -0.765. The van der Waals surface area contributed by atoms with Gasteiger partial charge in [-0.05, 0) is 72.8 Å². The van der Waals surface area contributed by atoms with Gasteiger partial charge >= 0.3 is 0 Å². The molecule has 5 atom stereocenters. The van der Waals surface area contributed by atoms with Gasteiger partial charge in [0, 0.05) is 31.0 Å². The van der Waals surface area contributed by atoms with Crippen molar-refractivity contribution in [3.8, 4) is 6.07 Å². The maximum Gasteiger partial charge on any atom is 0.238 e. The first-order valence-corrected chi connectivity index (χ1v) is 15.0. The highest BCUT2D eigenvalue weighted by Crippen LogP contribution is 2.54. The number of benzene rings is 1. The fourth-order valence-electron chi connectivity index (χ4n) is 7.98. The Hall–Kier alpha value is -2.57.